The summed E-state index contributed by atoms with van der Waals surface area (Å²) in [6.07, 6.45) is 3.76. The number of benzene rings is 1. The maximum absolute atomic E-state index is 5.04. The topological polar surface area (TPSA) is 30.2 Å². The summed E-state index contributed by atoms with van der Waals surface area (Å²) in [5.74, 6) is 1.12. The molecule has 26 heavy (non-hydrogen) atoms. The van der Waals surface area contributed by atoms with Crippen LogP contribution < -0.4 is 0 Å². The van der Waals surface area contributed by atoms with Crippen molar-refractivity contribution in [2.24, 2.45) is 0 Å². The van der Waals surface area contributed by atoms with E-state index in [9.17, 15) is 0 Å². The first-order valence-corrected chi connectivity index (χ1v) is 10.5. The molecule has 0 aliphatic heterocycles. The summed E-state index contributed by atoms with van der Waals surface area (Å²) in [5, 5.41) is 6.04. The summed E-state index contributed by atoms with van der Waals surface area (Å²) >= 11 is 1.90. The van der Waals surface area contributed by atoms with Gasteiger partial charge >= 0.3 is 0 Å². The number of nitrogens with zero attached hydrogens (tertiary/aromatic N) is 3. The van der Waals surface area contributed by atoms with Crippen LogP contribution in [0.3, 0.4) is 0 Å². The van der Waals surface area contributed by atoms with Gasteiger partial charge in [-0.15, -0.1) is 11.8 Å². The molecule has 4 heteroatoms. The average molecular weight is 368 g/mol. The molecule has 0 bridgehead atoms. The fourth-order valence-electron chi connectivity index (χ4n) is 3.06. The van der Waals surface area contributed by atoms with E-state index >= 15 is 0 Å². The first-order chi connectivity index (χ1) is 12.4. The monoisotopic (exact) mass is 367 g/mol. The summed E-state index contributed by atoms with van der Waals surface area (Å²) in [6, 6.07) is 12.7. The lowest BCUT2D eigenvalue weighted by Crippen LogP contribution is -2.15. The zero-order valence-corrected chi connectivity index (χ0v) is 17.4. The maximum Gasteiger partial charge on any atom is 0.164 e. The Kier molecular flexibility index (Phi) is 5.71. The SMILES string of the molecule is CCCCCSc1cc(C(C)(C)C)nc2c(-c3ccccc3)c(C)nn12. The third kappa shape index (κ3) is 3.96. The Hall–Kier alpha value is -1.81. The Balaban J connectivity index is 2.14. The summed E-state index contributed by atoms with van der Waals surface area (Å²) in [6.45, 7) is 11.0. The van der Waals surface area contributed by atoms with Crippen molar-refractivity contribution in [1.29, 1.82) is 0 Å². The van der Waals surface area contributed by atoms with Gasteiger partial charge < -0.3 is 0 Å². The van der Waals surface area contributed by atoms with Crippen LogP contribution in [0.4, 0.5) is 0 Å². The molecule has 138 valence electrons. The summed E-state index contributed by atoms with van der Waals surface area (Å²) in [7, 11) is 0. The Morgan fingerprint density at radius 3 is 2.46 bits per heavy atom. The molecule has 0 atom stereocenters. The Morgan fingerprint density at radius 2 is 1.81 bits per heavy atom. The van der Waals surface area contributed by atoms with Gasteiger partial charge in [0.2, 0.25) is 0 Å². The molecule has 1 aromatic carbocycles. The number of unbranched alkanes of at least 4 members (excludes halogenated alkanes) is 2. The first kappa shape index (κ1) is 19.0. The molecule has 0 aliphatic rings. The van der Waals surface area contributed by atoms with Crippen LogP contribution in [0.25, 0.3) is 16.8 Å². The number of hydrogen-bond acceptors (Lipinski definition) is 3. The van der Waals surface area contributed by atoms with Crippen molar-refractivity contribution in [3.8, 4) is 11.1 Å². The molecule has 2 aromatic heterocycles. The second kappa shape index (κ2) is 7.83. The zero-order valence-electron chi connectivity index (χ0n) is 16.5. The number of aromatic nitrogens is 3. The van der Waals surface area contributed by atoms with Crippen molar-refractivity contribution in [3.05, 3.63) is 47.8 Å². The van der Waals surface area contributed by atoms with Crippen LogP contribution in [0.5, 0.6) is 0 Å². The van der Waals surface area contributed by atoms with Crippen LogP contribution >= 0.6 is 11.8 Å². The summed E-state index contributed by atoms with van der Waals surface area (Å²) < 4.78 is 2.05. The molecular weight excluding hydrogens is 338 g/mol. The van der Waals surface area contributed by atoms with Gasteiger partial charge in [0.1, 0.15) is 5.03 Å². The second-order valence-electron chi connectivity index (χ2n) is 7.85. The van der Waals surface area contributed by atoms with E-state index in [4.69, 9.17) is 10.1 Å². The highest BCUT2D eigenvalue weighted by atomic mass is 32.2. The molecule has 3 aromatic rings. The number of rotatable bonds is 6. The van der Waals surface area contributed by atoms with E-state index in [1.807, 2.05) is 22.3 Å². The van der Waals surface area contributed by atoms with E-state index < -0.39 is 0 Å². The third-order valence-corrected chi connectivity index (χ3v) is 5.64. The van der Waals surface area contributed by atoms with Gasteiger partial charge in [0.05, 0.1) is 11.4 Å². The van der Waals surface area contributed by atoms with Gasteiger partial charge in [-0.2, -0.15) is 5.10 Å². The first-order valence-electron chi connectivity index (χ1n) is 9.51. The van der Waals surface area contributed by atoms with Crippen LogP contribution in [-0.2, 0) is 5.41 Å². The minimum atomic E-state index is 0.00656. The van der Waals surface area contributed by atoms with Crippen molar-refractivity contribution in [3.63, 3.8) is 0 Å². The van der Waals surface area contributed by atoms with E-state index in [0.717, 1.165) is 28.4 Å². The molecule has 0 spiro atoms. The highest BCUT2D eigenvalue weighted by Crippen LogP contribution is 2.33. The quantitative estimate of drug-likeness (QED) is 0.291. The molecule has 0 radical (unpaired) electrons. The summed E-state index contributed by atoms with van der Waals surface area (Å²) in [5.41, 5.74) is 5.46. The fourth-order valence-corrected chi connectivity index (χ4v) is 4.06. The molecule has 0 N–H and O–H groups in total. The molecule has 3 nitrogen and oxygen atoms in total. The van der Waals surface area contributed by atoms with E-state index in [2.05, 4.69) is 65.0 Å². The Bertz CT molecular complexity index is 876. The van der Waals surface area contributed by atoms with Gasteiger partial charge in [-0.1, -0.05) is 70.9 Å². The van der Waals surface area contributed by atoms with Gasteiger partial charge in [0.25, 0.3) is 0 Å². The van der Waals surface area contributed by atoms with Gasteiger partial charge in [-0.05, 0) is 30.7 Å². The van der Waals surface area contributed by atoms with Crippen LogP contribution in [-0.4, -0.2) is 20.4 Å². The predicted molar refractivity (Wildman–Crippen MR) is 112 cm³/mol. The molecule has 0 fully saturated rings. The Labute approximate surface area is 161 Å². The normalized spacial score (nSPS) is 12.0. The highest BCUT2D eigenvalue weighted by Gasteiger charge is 2.22. The minimum absolute atomic E-state index is 0.00656. The zero-order chi connectivity index (χ0) is 18.7. The lowest BCUT2D eigenvalue weighted by molar-refractivity contribution is 0.563. The largest absolute Gasteiger partial charge is 0.232 e. The minimum Gasteiger partial charge on any atom is -0.232 e. The number of aryl methyl sites for hydroxylation is 1. The molecule has 0 saturated carbocycles. The van der Waals surface area contributed by atoms with E-state index in [-0.39, 0.29) is 5.41 Å². The molecule has 0 saturated heterocycles. The maximum atomic E-state index is 5.04. The molecule has 0 amide bonds. The third-order valence-electron chi connectivity index (χ3n) is 4.56. The molecule has 0 unspecified atom stereocenters. The van der Waals surface area contributed by atoms with Gasteiger partial charge in [0, 0.05) is 11.0 Å². The van der Waals surface area contributed by atoms with E-state index in [0.29, 0.717) is 0 Å². The lowest BCUT2D eigenvalue weighted by Gasteiger charge is -2.19. The fraction of sp³-hybridized carbons (Fsp3) is 0.455. The van der Waals surface area contributed by atoms with Crippen molar-refractivity contribution < 1.29 is 0 Å². The van der Waals surface area contributed by atoms with Crippen LogP contribution in [0, 0.1) is 6.92 Å². The van der Waals surface area contributed by atoms with Gasteiger partial charge in [-0.3, -0.25) is 0 Å². The number of hydrogen-bond donors (Lipinski definition) is 0. The van der Waals surface area contributed by atoms with Crippen LogP contribution in [0.1, 0.15) is 58.3 Å². The highest BCUT2D eigenvalue weighted by molar-refractivity contribution is 7.99. The molecule has 3 rings (SSSR count). The van der Waals surface area contributed by atoms with E-state index in [1.165, 1.54) is 29.9 Å². The number of fused-ring (bicyclic) bond motifs is 1. The van der Waals surface area contributed by atoms with Crippen molar-refractivity contribution in [2.75, 3.05) is 5.75 Å². The molecule has 2 heterocycles. The second-order valence-corrected chi connectivity index (χ2v) is 8.96. The Morgan fingerprint density at radius 1 is 1.08 bits per heavy atom. The molecular formula is C22H29N3S. The van der Waals surface area contributed by atoms with Crippen molar-refractivity contribution in [2.45, 2.75) is 64.3 Å². The summed E-state index contributed by atoms with van der Waals surface area (Å²) in [4.78, 5) is 5.04. The molecule has 0 aliphatic carbocycles. The van der Waals surface area contributed by atoms with Gasteiger partial charge in [-0.25, -0.2) is 9.50 Å². The number of thioether (sulfide) groups is 1. The van der Waals surface area contributed by atoms with Crippen molar-refractivity contribution >= 4 is 17.4 Å². The van der Waals surface area contributed by atoms with Crippen molar-refractivity contribution in [1.82, 2.24) is 14.6 Å². The average Bonchev–Trinajstić information content (AvgIpc) is 2.94. The smallest absolute Gasteiger partial charge is 0.164 e. The lowest BCUT2D eigenvalue weighted by atomic mass is 9.92. The van der Waals surface area contributed by atoms with Crippen LogP contribution in [0.2, 0.25) is 0 Å². The predicted octanol–water partition coefficient (Wildman–Crippen LogP) is 6.28. The van der Waals surface area contributed by atoms with E-state index in [1.54, 1.807) is 0 Å². The standard InChI is InChI=1S/C22H29N3S/c1-6-7-11-14-26-19-15-18(22(3,4)5)23-21-20(16(2)24-25(19)21)17-12-9-8-10-13-17/h8-10,12-13,15H,6-7,11,14H2,1-5H3. The van der Waals surface area contributed by atoms with Crippen LogP contribution in [0.15, 0.2) is 41.4 Å². The van der Waals surface area contributed by atoms with Gasteiger partial charge in [0.15, 0.2) is 5.65 Å².